The number of hydrogen-bond acceptors (Lipinski definition) is 3. The fourth-order valence-electron chi connectivity index (χ4n) is 1.76. The van der Waals surface area contributed by atoms with E-state index in [0.717, 1.165) is 6.29 Å². The van der Waals surface area contributed by atoms with E-state index in [1.54, 1.807) is 23.2 Å². The first-order valence-electron chi connectivity index (χ1n) is 5.00. The molecule has 1 aliphatic heterocycles. The van der Waals surface area contributed by atoms with Crippen molar-refractivity contribution in [1.29, 1.82) is 0 Å². The summed E-state index contributed by atoms with van der Waals surface area (Å²) >= 11 is 6.03. The number of aldehydes is 1. The number of para-hydroxylation sites is 1. The summed E-state index contributed by atoms with van der Waals surface area (Å²) in [7, 11) is 0. The zero-order chi connectivity index (χ0) is 11.5. The molecule has 0 bridgehead atoms. The van der Waals surface area contributed by atoms with Crippen LogP contribution in [0.15, 0.2) is 24.3 Å². The summed E-state index contributed by atoms with van der Waals surface area (Å²) in [5, 5.41) is 3.68. The third kappa shape index (κ3) is 1.94. The maximum atomic E-state index is 11.7. The molecule has 4 nitrogen and oxygen atoms in total. The van der Waals surface area contributed by atoms with Crippen LogP contribution in [0.4, 0.5) is 5.69 Å². The second kappa shape index (κ2) is 4.63. The molecule has 1 heterocycles. The van der Waals surface area contributed by atoms with Crippen LogP contribution in [-0.2, 0) is 9.59 Å². The second-order valence-corrected chi connectivity index (χ2v) is 3.89. The SMILES string of the molecule is O=CCN1CCC(=O)N1c1ccccc1Cl. The maximum Gasteiger partial charge on any atom is 0.242 e. The molecule has 0 N–H and O–H groups in total. The van der Waals surface area contributed by atoms with Gasteiger partial charge in [-0.25, -0.2) is 10.0 Å². The molecule has 1 aliphatic rings. The third-order valence-electron chi connectivity index (χ3n) is 2.47. The Labute approximate surface area is 98.4 Å². The highest BCUT2D eigenvalue weighted by molar-refractivity contribution is 6.33. The number of nitrogens with zero attached hydrogens (tertiary/aromatic N) is 2. The van der Waals surface area contributed by atoms with Crippen molar-refractivity contribution in [1.82, 2.24) is 5.01 Å². The Morgan fingerprint density at radius 2 is 2.12 bits per heavy atom. The lowest BCUT2D eigenvalue weighted by Crippen LogP contribution is -2.40. The minimum absolute atomic E-state index is 0.0325. The second-order valence-electron chi connectivity index (χ2n) is 3.49. The van der Waals surface area contributed by atoms with Gasteiger partial charge in [0.2, 0.25) is 5.91 Å². The number of carbonyl (C=O) groups is 2. The summed E-state index contributed by atoms with van der Waals surface area (Å²) < 4.78 is 0. The molecule has 0 aliphatic carbocycles. The molecule has 1 fully saturated rings. The lowest BCUT2D eigenvalue weighted by Gasteiger charge is -2.26. The van der Waals surface area contributed by atoms with Gasteiger partial charge in [0.15, 0.2) is 0 Å². The minimum Gasteiger partial charge on any atom is -0.302 e. The zero-order valence-electron chi connectivity index (χ0n) is 8.60. The number of carbonyl (C=O) groups excluding carboxylic acids is 2. The van der Waals surface area contributed by atoms with Crippen molar-refractivity contribution in [3.8, 4) is 0 Å². The number of rotatable bonds is 3. The van der Waals surface area contributed by atoms with E-state index >= 15 is 0 Å². The summed E-state index contributed by atoms with van der Waals surface area (Å²) in [6.45, 7) is 0.764. The van der Waals surface area contributed by atoms with Crippen LogP contribution in [0.1, 0.15) is 6.42 Å². The van der Waals surface area contributed by atoms with E-state index in [4.69, 9.17) is 11.6 Å². The predicted molar refractivity (Wildman–Crippen MR) is 61.2 cm³/mol. The number of halogens is 1. The fourth-order valence-corrected chi connectivity index (χ4v) is 1.97. The van der Waals surface area contributed by atoms with Crippen molar-refractivity contribution in [3.05, 3.63) is 29.3 Å². The molecule has 0 aromatic heterocycles. The lowest BCUT2D eigenvalue weighted by molar-refractivity contribution is -0.118. The van der Waals surface area contributed by atoms with Gasteiger partial charge in [-0.2, -0.15) is 0 Å². The van der Waals surface area contributed by atoms with Gasteiger partial charge in [-0.15, -0.1) is 0 Å². The topological polar surface area (TPSA) is 40.6 Å². The van der Waals surface area contributed by atoms with Gasteiger partial charge in [-0.1, -0.05) is 23.7 Å². The third-order valence-corrected chi connectivity index (χ3v) is 2.79. The maximum absolute atomic E-state index is 11.7. The van der Waals surface area contributed by atoms with Crippen molar-refractivity contribution < 1.29 is 9.59 Å². The highest BCUT2D eigenvalue weighted by Gasteiger charge is 2.30. The molecule has 5 heteroatoms. The van der Waals surface area contributed by atoms with Gasteiger partial charge in [0.05, 0.1) is 17.3 Å². The van der Waals surface area contributed by atoms with Crippen molar-refractivity contribution in [3.63, 3.8) is 0 Å². The highest BCUT2D eigenvalue weighted by atomic mass is 35.5. The molecule has 84 valence electrons. The first-order valence-corrected chi connectivity index (χ1v) is 5.38. The molecule has 0 radical (unpaired) electrons. The molecule has 0 spiro atoms. The van der Waals surface area contributed by atoms with Gasteiger partial charge in [0.1, 0.15) is 6.29 Å². The summed E-state index contributed by atoms with van der Waals surface area (Å²) in [5.41, 5.74) is 0.633. The normalized spacial score (nSPS) is 16.8. The Balaban J connectivity index is 2.33. The van der Waals surface area contributed by atoms with Crippen molar-refractivity contribution in [2.75, 3.05) is 18.1 Å². The lowest BCUT2D eigenvalue weighted by atomic mass is 10.3. The van der Waals surface area contributed by atoms with E-state index in [1.165, 1.54) is 5.01 Å². The molecule has 1 aromatic carbocycles. The van der Waals surface area contributed by atoms with Gasteiger partial charge >= 0.3 is 0 Å². The molecular formula is C11H11ClN2O2. The monoisotopic (exact) mass is 238 g/mol. The molecule has 2 rings (SSSR count). The van der Waals surface area contributed by atoms with E-state index in [0.29, 0.717) is 23.7 Å². The number of hydrazine groups is 1. The van der Waals surface area contributed by atoms with Gasteiger partial charge < -0.3 is 4.79 Å². The average molecular weight is 239 g/mol. The Morgan fingerprint density at radius 1 is 1.38 bits per heavy atom. The van der Waals surface area contributed by atoms with Gasteiger partial charge in [0, 0.05) is 13.0 Å². The molecule has 1 saturated heterocycles. The van der Waals surface area contributed by atoms with Crippen LogP contribution in [-0.4, -0.2) is 30.3 Å². The van der Waals surface area contributed by atoms with Crippen LogP contribution in [0.5, 0.6) is 0 Å². The quantitative estimate of drug-likeness (QED) is 0.750. The molecule has 16 heavy (non-hydrogen) atoms. The molecule has 0 saturated carbocycles. The van der Waals surface area contributed by atoms with E-state index in [2.05, 4.69) is 0 Å². The van der Waals surface area contributed by atoms with Gasteiger partial charge in [0.25, 0.3) is 0 Å². The molecule has 1 aromatic rings. The van der Waals surface area contributed by atoms with E-state index in [-0.39, 0.29) is 12.5 Å². The standard InChI is InChI=1S/C11H11ClN2O2/c12-9-3-1-2-4-10(9)14-11(16)5-6-13(14)7-8-15/h1-4,8H,5-7H2. The number of benzene rings is 1. The van der Waals surface area contributed by atoms with Crippen LogP contribution in [0.2, 0.25) is 5.02 Å². The number of anilines is 1. The van der Waals surface area contributed by atoms with Crippen LogP contribution in [0.3, 0.4) is 0 Å². The van der Waals surface area contributed by atoms with Crippen molar-refractivity contribution >= 4 is 29.5 Å². The smallest absolute Gasteiger partial charge is 0.242 e. The van der Waals surface area contributed by atoms with Gasteiger partial charge in [-0.05, 0) is 12.1 Å². The summed E-state index contributed by atoms with van der Waals surface area (Å²) in [6, 6.07) is 7.10. The number of amides is 1. The first kappa shape index (κ1) is 11.1. The van der Waals surface area contributed by atoms with Crippen LogP contribution >= 0.6 is 11.6 Å². The Hall–Kier alpha value is -1.39. The van der Waals surface area contributed by atoms with Crippen molar-refractivity contribution in [2.24, 2.45) is 0 Å². The average Bonchev–Trinajstić information content (AvgIpc) is 2.62. The Morgan fingerprint density at radius 3 is 2.81 bits per heavy atom. The summed E-state index contributed by atoms with van der Waals surface area (Å²) in [5.74, 6) is -0.0325. The number of hydrogen-bond donors (Lipinski definition) is 0. The molecule has 0 unspecified atom stereocenters. The minimum atomic E-state index is -0.0325. The van der Waals surface area contributed by atoms with Crippen LogP contribution in [0, 0.1) is 0 Å². The van der Waals surface area contributed by atoms with E-state index in [9.17, 15) is 9.59 Å². The predicted octanol–water partition coefficient (Wildman–Crippen LogP) is 1.49. The first-order chi connectivity index (χ1) is 7.74. The summed E-state index contributed by atoms with van der Waals surface area (Å²) in [4.78, 5) is 22.2. The molecule has 0 atom stereocenters. The Kier molecular flexibility index (Phi) is 3.22. The van der Waals surface area contributed by atoms with Crippen LogP contribution in [0.25, 0.3) is 0 Å². The van der Waals surface area contributed by atoms with Crippen LogP contribution < -0.4 is 5.01 Å². The van der Waals surface area contributed by atoms with Crippen molar-refractivity contribution in [2.45, 2.75) is 6.42 Å². The highest BCUT2D eigenvalue weighted by Crippen LogP contribution is 2.29. The van der Waals surface area contributed by atoms with Gasteiger partial charge in [-0.3, -0.25) is 4.79 Å². The molecular weight excluding hydrogens is 228 g/mol. The zero-order valence-corrected chi connectivity index (χ0v) is 9.35. The van der Waals surface area contributed by atoms with E-state index < -0.39 is 0 Å². The Bertz CT molecular complexity index is 422. The summed E-state index contributed by atoms with van der Waals surface area (Å²) in [6.07, 6.45) is 1.20. The largest absolute Gasteiger partial charge is 0.302 e. The van der Waals surface area contributed by atoms with E-state index in [1.807, 2.05) is 6.07 Å². The fraction of sp³-hybridized carbons (Fsp3) is 0.273. The molecule has 1 amide bonds.